The molecule has 0 aromatic carbocycles. The van der Waals surface area contributed by atoms with Crippen molar-refractivity contribution in [2.75, 3.05) is 6.61 Å². The van der Waals surface area contributed by atoms with Gasteiger partial charge < -0.3 is 50.0 Å². The Labute approximate surface area is 126 Å². The Kier molecular flexibility index (Phi) is 5.72. The number of hydrogen-bond donors (Lipinski definition) is 7. The van der Waals surface area contributed by atoms with E-state index in [1.807, 2.05) is 0 Å². The van der Waals surface area contributed by atoms with Crippen LogP contribution in [0.25, 0.3) is 0 Å². The predicted octanol–water partition coefficient (Wildman–Crippen LogP) is -4.37. The molecule has 0 radical (unpaired) electrons. The van der Waals surface area contributed by atoms with Crippen molar-refractivity contribution in [3.05, 3.63) is 0 Å². The molecule has 2 heterocycles. The average Bonchev–Trinajstić information content (AvgIpc) is 2.49. The second-order valence-corrected chi connectivity index (χ2v) is 5.51. The van der Waals surface area contributed by atoms with Gasteiger partial charge in [0, 0.05) is 0 Å². The number of aliphatic hydroxyl groups is 7. The molecular formula is C12H22O10. The van der Waals surface area contributed by atoms with Crippen LogP contribution in [0.3, 0.4) is 0 Å². The summed E-state index contributed by atoms with van der Waals surface area (Å²) in [6, 6.07) is 0. The summed E-state index contributed by atoms with van der Waals surface area (Å²) in [6.45, 7) is 0.846. The molecular weight excluding hydrogens is 304 g/mol. The van der Waals surface area contributed by atoms with Gasteiger partial charge in [-0.1, -0.05) is 0 Å². The molecule has 0 amide bonds. The summed E-state index contributed by atoms with van der Waals surface area (Å²) in [7, 11) is 0. The highest BCUT2D eigenvalue weighted by atomic mass is 16.7. The van der Waals surface area contributed by atoms with Gasteiger partial charge in [-0.25, -0.2) is 0 Å². The van der Waals surface area contributed by atoms with Gasteiger partial charge in [-0.2, -0.15) is 0 Å². The highest BCUT2D eigenvalue weighted by Crippen LogP contribution is 2.28. The molecule has 0 aromatic heterocycles. The van der Waals surface area contributed by atoms with Gasteiger partial charge in [-0.15, -0.1) is 0 Å². The lowest BCUT2D eigenvalue weighted by atomic mass is 9.97. The topological polar surface area (TPSA) is 169 Å². The number of ether oxygens (including phenoxy) is 3. The van der Waals surface area contributed by atoms with Crippen LogP contribution in [0.15, 0.2) is 0 Å². The second kappa shape index (κ2) is 7.01. The molecule has 2 aliphatic rings. The van der Waals surface area contributed by atoms with Crippen molar-refractivity contribution in [2.24, 2.45) is 0 Å². The monoisotopic (exact) mass is 326 g/mol. The maximum Gasteiger partial charge on any atom is 0.187 e. The molecule has 2 rings (SSSR count). The summed E-state index contributed by atoms with van der Waals surface area (Å²) < 4.78 is 15.5. The van der Waals surface area contributed by atoms with Gasteiger partial charge in [0.1, 0.15) is 42.7 Å². The minimum absolute atomic E-state index is 0.620. The molecule has 0 saturated carbocycles. The van der Waals surface area contributed by atoms with Crippen LogP contribution in [0.5, 0.6) is 0 Å². The molecule has 10 heteroatoms. The summed E-state index contributed by atoms with van der Waals surface area (Å²) in [5.41, 5.74) is 0. The third-order valence-corrected chi connectivity index (χ3v) is 3.94. The van der Waals surface area contributed by atoms with E-state index in [1.165, 1.54) is 6.92 Å². The average molecular weight is 326 g/mol. The van der Waals surface area contributed by atoms with Crippen LogP contribution < -0.4 is 0 Å². The Hall–Kier alpha value is -0.400. The lowest BCUT2D eigenvalue weighted by Gasteiger charge is -2.44. The summed E-state index contributed by atoms with van der Waals surface area (Å²) >= 11 is 0. The first-order valence-corrected chi connectivity index (χ1v) is 6.93. The van der Waals surface area contributed by atoms with Crippen LogP contribution in [0.4, 0.5) is 0 Å². The smallest absolute Gasteiger partial charge is 0.187 e. The zero-order valence-electron chi connectivity index (χ0n) is 11.8. The van der Waals surface area contributed by atoms with Crippen molar-refractivity contribution < 1.29 is 50.0 Å². The normalized spacial score (nSPS) is 53.5. The Morgan fingerprint density at radius 2 is 1.45 bits per heavy atom. The summed E-state index contributed by atoms with van der Waals surface area (Å²) in [5.74, 6) is 0. The molecule has 0 bridgehead atoms. The van der Waals surface area contributed by atoms with Crippen molar-refractivity contribution >= 4 is 0 Å². The van der Waals surface area contributed by atoms with Crippen LogP contribution in [0.2, 0.25) is 0 Å². The molecule has 2 unspecified atom stereocenters. The third-order valence-electron chi connectivity index (χ3n) is 3.94. The fraction of sp³-hybridized carbons (Fsp3) is 1.00. The lowest BCUT2D eigenvalue weighted by Crippen LogP contribution is -2.63. The zero-order valence-corrected chi connectivity index (χ0v) is 11.8. The lowest BCUT2D eigenvalue weighted by molar-refractivity contribution is -0.351. The first kappa shape index (κ1) is 17.9. The van der Waals surface area contributed by atoms with Crippen molar-refractivity contribution in [3.8, 4) is 0 Å². The van der Waals surface area contributed by atoms with Gasteiger partial charge in [0.05, 0.1) is 12.7 Å². The van der Waals surface area contributed by atoms with Crippen molar-refractivity contribution in [2.45, 2.75) is 68.3 Å². The van der Waals surface area contributed by atoms with Crippen molar-refractivity contribution in [1.82, 2.24) is 0 Å². The van der Waals surface area contributed by atoms with Gasteiger partial charge in [0.25, 0.3) is 0 Å². The third kappa shape index (κ3) is 3.26. The fourth-order valence-corrected chi connectivity index (χ4v) is 2.54. The van der Waals surface area contributed by atoms with Crippen LogP contribution in [0.1, 0.15) is 6.92 Å². The van der Waals surface area contributed by atoms with Crippen LogP contribution in [-0.4, -0.2) is 104 Å². The van der Waals surface area contributed by atoms with E-state index >= 15 is 0 Å². The minimum Gasteiger partial charge on any atom is -0.394 e. The standard InChI is InChI=1S/C12H22O10/c1-3-10(7(16)8(17)11(19)20-3)22-12-9(18)6(15)5(14)4(2-13)21-12/h3-19H,2H2,1H3/t3-,4-,5-,6+,7-,8+,9-,10-,11?,12?/m1/s1. The highest BCUT2D eigenvalue weighted by Gasteiger charge is 2.49. The highest BCUT2D eigenvalue weighted by molar-refractivity contribution is 4.92. The van der Waals surface area contributed by atoms with E-state index in [0.717, 1.165) is 0 Å². The quantitative estimate of drug-likeness (QED) is 0.269. The summed E-state index contributed by atoms with van der Waals surface area (Å²) in [4.78, 5) is 0. The van der Waals surface area contributed by atoms with Crippen LogP contribution in [0, 0.1) is 0 Å². The number of rotatable bonds is 3. The Morgan fingerprint density at radius 1 is 0.818 bits per heavy atom. The van der Waals surface area contributed by atoms with E-state index in [4.69, 9.17) is 19.3 Å². The Bertz CT molecular complexity index is 366. The maximum atomic E-state index is 9.92. The van der Waals surface area contributed by atoms with Gasteiger partial charge in [0.2, 0.25) is 0 Å². The SMILES string of the molecule is C[C@H]1OC(O)[C@@H](O)[C@@H](O)[C@@H]1OC1O[C@H](CO)[C@@H](O)[C@H](O)[C@H]1O. The van der Waals surface area contributed by atoms with Gasteiger partial charge in [0.15, 0.2) is 12.6 Å². The zero-order chi connectivity index (χ0) is 16.6. The molecule has 2 fully saturated rings. The van der Waals surface area contributed by atoms with Crippen molar-refractivity contribution in [3.63, 3.8) is 0 Å². The van der Waals surface area contributed by atoms with E-state index in [1.54, 1.807) is 0 Å². The molecule has 7 N–H and O–H groups in total. The molecule has 130 valence electrons. The van der Waals surface area contributed by atoms with Gasteiger partial charge in [-0.3, -0.25) is 0 Å². The van der Waals surface area contributed by atoms with Gasteiger partial charge in [-0.05, 0) is 6.92 Å². The maximum absolute atomic E-state index is 9.92. The first-order chi connectivity index (χ1) is 10.3. The number of aliphatic hydroxyl groups excluding tert-OH is 7. The van der Waals surface area contributed by atoms with Crippen molar-refractivity contribution in [1.29, 1.82) is 0 Å². The molecule has 10 nitrogen and oxygen atoms in total. The molecule has 10 atom stereocenters. The van der Waals surface area contributed by atoms with E-state index in [9.17, 15) is 30.6 Å². The van der Waals surface area contributed by atoms with E-state index in [-0.39, 0.29) is 0 Å². The van der Waals surface area contributed by atoms with Crippen LogP contribution in [-0.2, 0) is 14.2 Å². The second-order valence-electron chi connectivity index (χ2n) is 5.51. The summed E-state index contributed by atoms with van der Waals surface area (Å²) in [5, 5.41) is 67.2. The molecule has 0 aliphatic carbocycles. The Balaban J connectivity index is 2.08. The number of hydrogen-bond acceptors (Lipinski definition) is 10. The van der Waals surface area contributed by atoms with Gasteiger partial charge >= 0.3 is 0 Å². The molecule has 22 heavy (non-hydrogen) atoms. The summed E-state index contributed by atoms with van der Waals surface area (Å²) in [6.07, 6.45) is -14.2. The molecule has 2 aliphatic heterocycles. The molecule has 0 spiro atoms. The molecule has 2 saturated heterocycles. The first-order valence-electron chi connectivity index (χ1n) is 6.93. The molecule has 0 aromatic rings. The Morgan fingerprint density at radius 3 is 2.05 bits per heavy atom. The van der Waals surface area contributed by atoms with Crippen LogP contribution >= 0.6 is 0 Å². The predicted molar refractivity (Wildman–Crippen MR) is 67.2 cm³/mol. The van der Waals surface area contributed by atoms with E-state index < -0.39 is 68.0 Å². The largest absolute Gasteiger partial charge is 0.394 e. The minimum atomic E-state index is -1.64. The fourth-order valence-electron chi connectivity index (χ4n) is 2.54. The van der Waals surface area contributed by atoms with E-state index in [2.05, 4.69) is 0 Å². The van der Waals surface area contributed by atoms with E-state index in [0.29, 0.717) is 0 Å².